The van der Waals surface area contributed by atoms with Gasteiger partial charge in [0.2, 0.25) is 5.91 Å². The summed E-state index contributed by atoms with van der Waals surface area (Å²) in [4.78, 5) is 38.7. The van der Waals surface area contributed by atoms with Gasteiger partial charge in [0.15, 0.2) is 0 Å². The minimum absolute atomic E-state index is 0.255. The average Bonchev–Trinajstić information content (AvgIpc) is 3.30. The van der Waals surface area contributed by atoms with E-state index in [0.717, 1.165) is 32.5 Å². The number of nitrogens with zero attached hydrogens (tertiary/aromatic N) is 2. The van der Waals surface area contributed by atoms with E-state index in [2.05, 4.69) is 21.2 Å². The Kier molecular flexibility index (Phi) is 6.31. The second kappa shape index (κ2) is 9.13. The highest BCUT2D eigenvalue weighted by molar-refractivity contribution is 9.10. The summed E-state index contributed by atoms with van der Waals surface area (Å²) >= 11 is 10.3. The van der Waals surface area contributed by atoms with Crippen LogP contribution in [0.1, 0.15) is 5.69 Å². The van der Waals surface area contributed by atoms with Crippen molar-refractivity contribution < 1.29 is 14.4 Å². The van der Waals surface area contributed by atoms with Crippen molar-refractivity contribution in [1.82, 2.24) is 9.47 Å². The molecule has 3 aromatic rings. The molecule has 0 atom stereocenters. The number of para-hydroxylation sites is 1. The molecule has 0 aliphatic carbocycles. The van der Waals surface area contributed by atoms with Gasteiger partial charge in [0.1, 0.15) is 6.54 Å². The lowest BCUT2D eigenvalue weighted by atomic mass is 10.3. The maximum absolute atomic E-state index is 12.8. The van der Waals surface area contributed by atoms with E-state index in [4.69, 9.17) is 11.6 Å². The highest BCUT2D eigenvalue weighted by atomic mass is 79.9. The standard InChI is InChI=1S/C22H15BrClN3O3S/c23-14-5-3-6-15(11-14)26-10-4-7-16(26)12-19-21(29)27(22(30)31-19)13-20(28)25-18-9-2-1-8-17(18)24/h1-12H,13H2,(H,25,28)/b19-12+. The number of hydrogen-bond acceptors (Lipinski definition) is 4. The first-order valence-corrected chi connectivity index (χ1v) is 11.1. The summed E-state index contributed by atoms with van der Waals surface area (Å²) in [5.41, 5.74) is 2.07. The Morgan fingerprint density at radius 2 is 1.90 bits per heavy atom. The molecule has 1 aliphatic heterocycles. The predicted octanol–water partition coefficient (Wildman–Crippen LogP) is 5.57. The summed E-state index contributed by atoms with van der Waals surface area (Å²) in [6.45, 7) is -0.389. The number of halogens is 2. The Hall–Kier alpha value is -2.81. The van der Waals surface area contributed by atoms with Crippen LogP contribution < -0.4 is 5.32 Å². The number of benzene rings is 2. The van der Waals surface area contributed by atoms with Gasteiger partial charge >= 0.3 is 0 Å². The third-order valence-electron chi connectivity index (χ3n) is 4.47. The Morgan fingerprint density at radius 3 is 2.68 bits per heavy atom. The van der Waals surface area contributed by atoms with E-state index in [9.17, 15) is 14.4 Å². The molecule has 3 amide bonds. The minimum atomic E-state index is -0.508. The zero-order valence-corrected chi connectivity index (χ0v) is 19.1. The van der Waals surface area contributed by atoms with Gasteiger partial charge in [0.25, 0.3) is 11.1 Å². The maximum atomic E-state index is 12.8. The highest BCUT2D eigenvalue weighted by Gasteiger charge is 2.36. The van der Waals surface area contributed by atoms with E-state index in [1.165, 1.54) is 0 Å². The number of imide groups is 1. The highest BCUT2D eigenvalue weighted by Crippen LogP contribution is 2.33. The molecule has 6 nitrogen and oxygen atoms in total. The van der Waals surface area contributed by atoms with Gasteiger partial charge in [-0.15, -0.1) is 0 Å². The van der Waals surface area contributed by atoms with Gasteiger partial charge in [-0.05, 0) is 60.3 Å². The van der Waals surface area contributed by atoms with Gasteiger partial charge < -0.3 is 9.88 Å². The number of amides is 3. The van der Waals surface area contributed by atoms with Crippen LogP contribution in [0, 0.1) is 0 Å². The fourth-order valence-corrected chi connectivity index (χ4v) is 4.43. The summed E-state index contributed by atoms with van der Waals surface area (Å²) < 4.78 is 2.83. The first-order chi connectivity index (χ1) is 14.9. The summed E-state index contributed by atoms with van der Waals surface area (Å²) in [6, 6.07) is 18.2. The molecular formula is C22H15BrClN3O3S. The summed E-state index contributed by atoms with van der Waals surface area (Å²) in [7, 11) is 0. The Labute approximate surface area is 196 Å². The molecule has 1 fully saturated rings. The molecule has 1 N–H and O–H groups in total. The number of carbonyl (C=O) groups is 3. The normalized spacial score (nSPS) is 15.0. The molecular weight excluding hydrogens is 502 g/mol. The molecule has 0 saturated carbocycles. The predicted molar refractivity (Wildman–Crippen MR) is 126 cm³/mol. The third kappa shape index (κ3) is 4.76. The lowest BCUT2D eigenvalue weighted by Gasteiger charge is -2.13. The van der Waals surface area contributed by atoms with E-state index in [-0.39, 0.29) is 11.4 Å². The summed E-state index contributed by atoms with van der Waals surface area (Å²) in [6.07, 6.45) is 3.52. The lowest BCUT2D eigenvalue weighted by Crippen LogP contribution is -2.36. The molecule has 0 unspecified atom stereocenters. The van der Waals surface area contributed by atoms with E-state index in [1.807, 2.05) is 47.2 Å². The van der Waals surface area contributed by atoms with E-state index in [0.29, 0.717) is 10.7 Å². The van der Waals surface area contributed by atoms with Crippen molar-refractivity contribution in [2.75, 3.05) is 11.9 Å². The van der Waals surface area contributed by atoms with Crippen LogP contribution in [-0.4, -0.2) is 33.1 Å². The first kappa shape index (κ1) is 21.4. The van der Waals surface area contributed by atoms with Crippen molar-refractivity contribution >= 4 is 68.1 Å². The Bertz CT molecular complexity index is 1220. The molecule has 0 radical (unpaired) electrons. The Morgan fingerprint density at radius 1 is 1.10 bits per heavy atom. The second-order valence-electron chi connectivity index (χ2n) is 6.58. The fourth-order valence-electron chi connectivity index (χ4n) is 3.04. The van der Waals surface area contributed by atoms with Gasteiger partial charge in [0.05, 0.1) is 15.6 Å². The third-order valence-corrected chi connectivity index (χ3v) is 6.20. The number of nitrogens with one attached hydrogen (secondary N) is 1. The monoisotopic (exact) mass is 515 g/mol. The van der Waals surface area contributed by atoms with E-state index in [1.54, 1.807) is 30.3 Å². The van der Waals surface area contributed by atoms with E-state index < -0.39 is 17.1 Å². The maximum Gasteiger partial charge on any atom is 0.294 e. The van der Waals surface area contributed by atoms with Gasteiger partial charge in [0, 0.05) is 22.1 Å². The number of anilines is 1. The molecule has 1 aliphatic rings. The van der Waals surface area contributed by atoms with Gasteiger partial charge in [-0.25, -0.2) is 0 Å². The van der Waals surface area contributed by atoms with Crippen LogP contribution in [0.3, 0.4) is 0 Å². The largest absolute Gasteiger partial charge is 0.323 e. The zero-order chi connectivity index (χ0) is 22.0. The van der Waals surface area contributed by atoms with Crippen molar-refractivity contribution in [2.45, 2.75) is 0 Å². The summed E-state index contributed by atoms with van der Waals surface area (Å²) in [5.74, 6) is -1.01. The topological polar surface area (TPSA) is 71.4 Å². The zero-order valence-electron chi connectivity index (χ0n) is 15.9. The number of carbonyl (C=O) groups excluding carboxylic acids is 3. The van der Waals surface area contributed by atoms with Crippen molar-refractivity contribution in [3.63, 3.8) is 0 Å². The van der Waals surface area contributed by atoms with Crippen LogP contribution in [0.2, 0.25) is 5.02 Å². The van der Waals surface area contributed by atoms with Crippen LogP contribution >= 0.6 is 39.3 Å². The molecule has 31 heavy (non-hydrogen) atoms. The van der Waals surface area contributed by atoms with Crippen LogP contribution in [0.4, 0.5) is 10.5 Å². The number of hydrogen-bond donors (Lipinski definition) is 1. The van der Waals surface area contributed by atoms with E-state index >= 15 is 0 Å². The SMILES string of the molecule is O=C(CN1C(=O)S/C(=C/c2cccn2-c2cccc(Br)c2)C1=O)Nc1ccccc1Cl. The molecule has 156 valence electrons. The molecule has 1 aromatic heterocycles. The fraction of sp³-hybridized carbons (Fsp3) is 0.0455. The van der Waals surface area contributed by atoms with Crippen LogP contribution in [0.25, 0.3) is 11.8 Å². The first-order valence-electron chi connectivity index (χ1n) is 9.15. The Balaban J connectivity index is 1.51. The van der Waals surface area contributed by atoms with Gasteiger partial charge in [-0.2, -0.15) is 0 Å². The van der Waals surface area contributed by atoms with Crippen molar-refractivity contribution in [3.8, 4) is 5.69 Å². The molecule has 0 spiro atoms. The van der Waals surface area contributed by atoms with Crippen molar-refractivity contribution in [1.29, 1.82) is 0 Å². The van der Waals surface area contributed by atoms with Crippen molar-refractivity contribution in [3.05, 3.63) is 87.0 Å². The summed E-state index contributed by atoms with van der Waals surface area (Å²) in [5, 5.41) is 2.50. The molecule has 2 aromatic carbocycles. The van der Waals surface area contributed by atoms with Gasteiger partial charge in [-0.1, -0.05) is 45.7 Å². The molecule has 2 heterocycles. The van der Waals surface area contributed by atoms with Crippen molar-refractivity contribution in [2.24, 2.45) is 0 Å². The molecule has 0 bridgehead atoms. The van der Waals surface area contributed by atoms with Crippen LogP contribution in [0.15, 0.2) is 76.2 Å². The number of thioether (sulfide) groups is 1. The number of aromatic nitrogens is 1. The molecule has 4 rings (SSSR count). The lowest BCUT2D eigenvalue weighted by molar-refractivity contribution is -0.127. The smallest absolute Gasteiger partial charge is 0.294 e. The average molecular weight is 517 g/mol. The second-order valence-corrected chi connectivity index (χ2v) is 8.89. The molecule has 9 heteroatoms. The minimum Gasteiger partial charge on any atom is -0.323 e. The van der Waals surface area contributed by atoms with Crippen LogP contribution in [0.5, 0.6) is 0 Å². The molecule has 1 saturated heterocycles. The number of rotatable bonds is 5. The van der Waals surface area contributed by atoms with Gasteiger partial charge in [-0.3, -0.25) is 19.3 Å². The quantitative estimate of drug-likeness (QED) is 0.450. The van der Waals surface area contributed by atoms with Crippen LogP contribution in [-0.2, 0) is 9.59 Å².